The molecule has 0 fully saturated rings. The fraction of sp³-hybridized carbons (Fsp3) is 0.273. The molecule has 0 radical (unpaired) electrons. The van der Waals surface area contributed by atoms with E-state index in [9.17, 15) is 9.50 Å². The van der Waals surface area contributed by atoms with Crippen LogP contribution < -0.4 is 0 Å². The van der Waals surface area contributed by atoms with Crippen LogP contribution in [0.25, 0.3) is 0 Å². The van der Waals surface area contributed by atoms with Crippen LogP contribution in [-0.4, -0.2) is 21.6 Å². The molecule has 1 atom stereocenters. The number of aliphatic hydroxyl groups is 1. The zero-order valence-corrected chi connectivity index (χ0v) is 12.2. The summed E-state index contributed by atoms with van der Waals surface area (Å²) in [4.78, 5) is 0.675. The van der Waals surface area contributed by atoms with E-state index in [1.807, 2.05) is 6.26 Å². The first kappa shape index (κ1) is 13.8. The number of benzene rings is 1. The van der Waals surface area contributed by atoms with Crippen molar-refractivity contribution in [1.29, 1.82) is 0 Å². The first-order valence-corrected chi connectivity index (χ1v) is 7.99. The van der Waals surface area contributed by atoms with Crippen LogP contribution >= 0.6 is 34.9 Å². The van der Waals surface area contributed by atoms with Gasteiger partial charge in [0, 0.05) is 10.5 Å². The second kappa shape index (κ2) is 6.01. The zero-order chi connectivity index (χ0) is 13.1. The minimum atomic E-state index is -0.846. The number of aromatic nitrogens is 2. The molecular formula is C11H11FN2OS3. The van der Waals surface area contributed by atoms with Gasteiger partial charge >= 0.3 is 0 Å². The van der Waals surface area contributed by atoms with Gasteiger partial charge in [0.25, 0.3) is 0 Å². The lowest BCUT2D eigenvalue weighted by molar-refractivity contribution is 0.191. The highest BCUT2D eigenvalue weighted by Crippen LogP contribution is 2.37. The number of hydrogen-bond acceptors (Lipinski definition) is 6. The molecule has 18 heavy (non-hydrogen) atoms. The number of rotatable bonds is 4. The second-order valence-corrected chi connectivity index (χ2v) is 6.79. The highest BCUT2D eigenvalue weighted by molar-refractivity contribution is 8.03. The van der Waals surface area contributed by atoms with Gasteiger partial charge in [-0.1, -0.05) is 40.9 Å². The number of hydrogen-bond donors (Lipinski definition) is 1. The summed E-state index contributed by atoms with van der Waals surface area (Å²) < 4.78 is 15.3. The van der Waals surface area contributed by atoms with Crippen molar-refractivity contribution in [2.45, 2.75) is 26.6 Å². The van der Waals surface area contributed by atoms with Crippen molar-refractivity contribution < 1.29 is 9.50 Å². The van der Waals surface area contributed by atoms with Crippen molar-refractivity contribution in [2.24, 2.45) is 0 Å². The van der Waals surface area contributed by atoms with Crippen LogP contribution in [0.4, 0.5) is 4.39 Å². The van der Waals surface area contributed by atoms with E-state index in [4.69, 9.17) is 0 Å². The van der Waals surface area contributed by atoms with Crippen LogP contribution in [0.2, 0.25) is 0 Å². The van der Waals surface area contributed by atoms with E-state index in [1.54, 1.807) is 19.1 Å². The normalized spacial score (nSPS) is 12.7. The molecule has 1 aromatic heterocycles. The van der Waals surface area contributed by atoms with E-state index in [2.05, 4.69) is 10.2 Å². The Morgan fingerprint density at radius 1 is 1.33 bits per heavy atom. The Labute approximate surface area is 117 Å². The maximum absolute atomic E-state index is 13.7. The van der Waals surface area contributed by atoms with Crippen molar-refractivity contribution >= 4 is 34.9 Å². The summed E-state index contributed by atoms with van der Waals surface area (Å²) >= 11 is 4.30. The largest absolute Gasteiger partial charge is 0.389 e. The molecule has 1 N–H and O–H groups in total. The molecule has 0 aliphatic carbocycles. The maximum Gasteiger partial charge on any atom is 0.179 e. The molecule has 1 aromatic carbocycles. The third-order valence-electron chi connectivity index (χ3n) is 2.19. The van der Waals surface area contributed by atoms with Gasteiger partial charge in [0.1, 0.15) is 5.82 Å². The van der Waals surface area contributed by atoms with Crippen LogP contribution in [0.1, 0.15) is 18.6 Å². The van der Waals surface area contributed by atoms with Gasteiger partial charge in [-0.15, -0.1) is 10.2 Å². The van der Waals surface area contributed by atoms with Crippen LogP contribution in [-0.2, 0) is 0 Å². The summed E-state index contributed by atoms with van der Waals surface area (Å²) in [5, 5.41) is 17.6. The van der Waals surface area contributed by atoms with Crippen molar-refractivity contribution in [3.05, 3.63) is 29.6 Å². The Morgan fingerprint density at radius 3 is 2.67 bits per heavy atom. The fourth-order valence-corrected chi connectivity index (χ4v) is 4.06. The topological polar surface area (TPSA) is 46.0 Å². The first-order valence-electron chi connectivity index (χ1n) is 5.13. The smallest absolute Gasteiger partial charge is 0.179 e. The number of aliphatic hydroxyl groups excluding tert-OH is 1. The number of nitrogens with zero attached hydrogens (tertiary/aromatic N) is 2. The lowest BCUT2D eigenvalue weighted by Crippen LogP contribution is -1.98. The third-order valence-corrected chi connectivity index (χ3v) is 5.22. The minimum absolute atomic E-state index is 0.309. The lowest BCUT2D eigenvalue weighted by Gasteiger charge is -2.10. The average molecular weight is 302 g/mol. The molecule has 0 aliphatic rings. The quantitative estimate of drug-likeness (QED) is 0.874. The predicted octanol–water partition coefficient (Wildman–Crippen LogP) is 3.60. The van der Waals surface area contributed by atoms with Gasteiger partial charge in [0.05, 0.1) is 6.10 Å². The van der Waals surface area contributed by atoms with E-state index in [0.29, 0.717) is 10.5 Å². The van der Waals surface area contributed by atoms with Gasteiger partial charge < -0.3 is 5.11 Å². The van der Waals surface area contributed by atoms with Crippen LogP contribution in [0, 0.1) is 5.82 Å². The molecule has 7 heteroatoms. The van der Waals surface area contributed by atoms with Crippen LogP contribution in [0.3, 0.4) is 0 Å². The Bertz CT molecular complexity index is 545. The molecule has 0 spiro atoms. The summed E-state index contributed by atoms with van der Waals surface area (Å²) in [7, 11) is 0. The molecule has 1 heterocycles. The Hall–Kier alpha value is -0.630. The van der Waals surface area contributed by atoms with Crippen LogP contribution in [0.5, 0.6) is 0 Å². The van der Waals surface area contributed by atoms with Crippen molar-refractivity contribution in [1.82, 2.24) is 10.2 Å². The first-order chi connectivity index (χ1) is 8.61. The van der Waals surface area contributed by atoms with Gasteiger partial charge in [-0.2, -0.15) is 0 Å². The fourth-order valence-electron chi connectivity index (χ4n) is 1.43. The minimum Gasteiger partial charge on any atom is -0.389 e. The Balaban J connectivity index is 2.31. The number of thioether (sulfide) groups is 1. The monoisotopic (exact) mass is 302 g/mol. The van der Waals surface area contributed by atoms with E-state index < -0.39 is 11.9 Å². The van der Waals surface area contributed by atoms with E-state index in [-0.39, 0.29) is 0 Å². The van der Waals surface area contributed by atoms with Crippen molar-refractivity contribution in [2.75, 3.05) is 6.26 Å². The molecule has 2 aromatic rings. The molecule has 0 unspecified atom stereocenters. The summed E-state index contributed by atoms with van der Waals surface area (Å²) in [6, 6.07) is 4.75. The van der Waals surface area contributed by atoms with Crippen LogP contribution in [0.15, 0.2) is 31.8 Å². The zero-order valence-electron chi connectivity index (χ0n) is 9.75. The summed E-state index contributed by atoms with van der Waals surface area (Å²) in [6.45, 7) is 1.55. The summed E-state index contributed by atoms with van der Waals surface area (Å²) in [5.74, 6) is -0.399. The van der Waals surface area contributed by atoms with Gasteiger partial charge in [0.15, 0.2) is 8.68 Å². The Morgan fingerprint density at radius 2 is 2.06 bits per heavy atom. The Kier molecular flexibility index (Phi) is 4.60. The molecule has 0 saturated heterocycles. The van der Waals surface area contributed by atoms with Gasteiger partial charge in [-0.05, 0) is 25.3 Å². The van der Waals surface area contributed by atoms with E-state index in [1.165, 1.54) is 40.9 Å². The molecule has 0 saturated carbocycles. The summed E-state index contributed by atoms with van der Waals surface area (Å²) in [6.07, 6.45) is 1.08. The standard InChI is InChI=1S/C11H11FN2OS3/c1-6(15)9-7(12)4-3-5-8(9)17-11-14-13-10(16-2)18-11/h3-6,15H,1-2H3/t6-/m0/s1. The molecule has 3 nitrogen and oxygen atoms in total. The molecule has 2 rings (SSSR count). The highest BCUT2D eigenvalue weighted by atomic mass is 32.2. The summed E-state index contributed by atoms with van der Waals surface area (Å²) in [5.41, 5.74) is 0.309. The maximum atomic E-state index is 13.7. The molecule has 96 valence electrons. The second-order valence-electron chi connectivity index (χ2n) is 3.47. The van der Waals surface area contributed by atoms with Gasteiger partial charge in [-0.3, -0.25) is 0 Å². The van der Waals surface area contributed by atoms with Gasteiger partial charge in [-0.25, -0.2) is 4.39 Å². The number of halogens is 1. The van der Waals surface area contributed by atoms with Crippen molar-refractivity contribution in [3.63, 3.8) is 0 Å². The third kappa shape index (κ3) is 3.03. The lowest BCUT2D eigenvalue weighted by atomic mass is 10.1. The van der Waals surface area contributed by atoms with E-state index in [0.717, 1.165) is 8.68 Å². The molecule has 0 amide bonds. The van der Waals surface area contributed by atoms with Crippen molar-refractivity contribution in [3.8, 4) is 0 Å². The SMILES string of the molecule is CSc1nnc(Sc2cccc(F)c2[C@H](C)O)s1. The predicted molar refractivity (Wildman–Crippen MR) is 72.8 cm³/mol. The van der Waals surface area contributed by atoms with Gasteiger partial charge in [0.2, 0.25) is 0 Å². The molecular weight excluding hydrogens is 291 g/mol. The van der Waals surface area contributed by atoms with E-state index >= 15 is 0 Å². The molecule has 0 bridgehead atoms. The average Bonchev–Trinajstić information content (AvgIpc) is 2.76. The molecule has 0 aliphatic heterocycles. The highest BCUT2D eigenvalue weighted by Gasteiger charge is 2.16.